The minimum absolute atomic E-state index is 0.0583. The Bertz CT molecular complexity index is 800. The number of pyridine rings is 2. The molecule has 2 atom stereocenters. The molecule has 0 aromatic carbocycles. The average molecular weight is 382 g/mol. The molecule has 0 saturated heterocycles. The maximum absolute atomic E-state index is 13.4. The molecule has 0 aliphatic carbocycles. The minimum Gasteiger partial charge on any atom is -0.311 e. The Hall–Kier alpha value is -3.01. The number of nitrogens with zero attached hydrogens (tertiary/aromatic N) is 2. The lowest BCUT2D eigenvalue weighted by atomic mass is 9.95. The zero-order valence-electron chi connectivity index (χ0n) is 14.4. The second-order valence-corrected chi connectivity index (χ2v) is 5.70. The van der Waals surface area contributed by atoms with Crippen LogP contribution in [0.5, 0.6) is 0 Å². The molecule has 144 valence electrons. The summed E-state index contributed by atoms with van der Waals surface area (Å²) in [5.74, 6) is -2.32. The highest BCUT2D eigenvalue weighted by molar-refractivity contribution is 5.93. The Morgan fingerprint density at radius 3 is 2.56 bits per heavy atom. The molecule has 27 heavy (non-hydrogen) atoms. The first-order chi connectivity index (χ1) is 12.7. The second kappa shape index (κ2) is 8.58. The maximum atomic E-state index is 13.4. The molecule has 2 N–H and O–H groups in total. The van der Waals surface area contributed by atoms with Crippen molar-refractivity contribution < 1.29 is 27.6 Å². The quantitative estimate of drug-likeness (QED) is 0.750. The number of amides is 2. The average Bonchev–Trinajstić information content (AvgIpc) is 2.61. The van der Waals surface area contributed by atoms with Gasteiger partial charge in [-0.3, -0.25) is 19.4 Å². The van der Waals surface area contributed by atoms with Gasteiger partial charge in [0.05, 0.1) is 5.56 Å². The highest BCUT2D eigenvalue weighted by atomic mass is 19.4. The van der Waals surface area contributed by atoms with Gasteiger partial charge in [-0.05, 0) is 29.8 Å². The van der Waals surface area contributed by atoms with Crippen LogP contribution in [0.25, 0.3) is 0 Å². The zero-order valence-corrected chi connectivity index (χ0v) is 14.4. The van der Waals surface area contributed by atoms with E-state index in [4.69, 9.17) is 4.84 Å². The highest BCUT2D eigenvalue weighted by Crippen LogP contribution is 2.34. The standard InChI is InChI=1S/C17H17F3N4O3/c1-10(12-5-7-22-14(8-12)23-11(2)25)15(17(18,19)20)27-24-16(26)13-4-3-6-21-9-13/h3-10,15H,1-2H3,(H,24,26)(H,22,23,25). The van der Waals surface area contributed by atoms with Gasteiger partial charge in [-0.1, -0.05) is 6.92 Å². The lowest BCUT2D eigenvalue weighted by molar-refractivity contribution is -0.238. The number of rotatable bonds is 6. The van der Waals surface area contributed by atoms with Crippen LogP contribution in [0.1, 0.15) is 35.7 Å². The van der Waals surface area contributed by atoms with E-state index in [2.05, 4.69) is 15.3 Å². The number of carbonyl (C=O) groups excluding carboxylic acids is 2. The lowest BCUT2D eigenvalue weighted by Crippen LogP contribution is -2.42. The molecule has 2 amide bonds. The Morgan fingerprint density at radius 1 is 1.22 bits per heavy atom. The minimum atomic E-state index is -4.75. The summed E-state index contributed by atoms with van der Waals surface area (Å²) < 4.78 is 40.3. The van der Waals surface area contributed by atoms with E-state index < -0.39 is 30.0 Å². The van der Waals surface area contributed by atoms with Gasteiger partial charge in [-0.2, -0.15) is 13.2 Å². The van der Waals surface area contributed by atoms with Gasteiger partial charge in [0.25, 0.3) is 5.91 Å². The molecule has 7 nitrogen and oxygen atoms in total. The van der Waals surface area contributed by atoms with E-state index in [1.807, 2.05) is 5.48 Å². The first-order valence-corrected chi connectivity index (χ1v) is 7.84. The van der Waals surface area contributed by atoms with Crippen molar-refractivity contribution in [1.29, 1.82) is 0 Å². The van der Waals surface area contributed by atoms with E-state index in [-0.39, 0.29) is 16.9 Å². The Balaban J connectivity index is 2.16. The molecule has 0 fully saturated rings. The van der Waals surface area contributed by atoms with Crippen LogP contribution in [0.4, 0.5) is 19.0 Å². The van der Waals surface area contributed by atoms with E-state index in [9.17, 15) is 22.8 Å². The summed E-state index contributed by atoms with van der Waals surface area (Å²) in [6, 6.07) is 5.55. The molecule has 2 heterocycles. The van der Waals surface area contributed by atoms with Crippen molar-refractivity contribution in [1.82, 2.24) is 15.4 Å². The van der Waals surface area contributed by atoms with Crippen molar-refractivity contribution in [3.8, 4) is 0 Å². The van der Waals surface area contributed by atoms with Gasteiger partial charge in [0.2, 0.25) is 5.91 Å². The van der Waals surface area contributed by atoms with Crippen molar-refractivity contribution in [3.63, 3.8) is 0 Å². The second-order valence-electron chi connectivity index (χ2n) is 5.70. The van der Waals surface area contributed by atoms with E-state index in [1.54, 1.807) is 0 Å². The molecule has 0 aliphatic rings. The molecule has 0 aliphatic heterocycles. The predicted molar refractivity (Wildman–Crippen MR) is 89.6 cm³/mol. The van der Waals surface area contributed by atoms with Crippen molar-refractivity contribution >= 4 is 17.6 Å². The van der Waals surface area contributed by atoms with Crippen molar-refractivity contribution in [2.45, 2.75) is 32.0 Å². The number of hydroxylamine groups is 1. The van der Waals surface area contributed by atoms with Gasteiger partial charge in [-0.15, -0.1) is 0 Å². The largest absolute Gasteiger partial charge is 0.417 e. The van der Waals surface area contributed by atoms with E-state index in [1.165, 1.54) is 56.7 Å². The SMILES string of the molecule is CC(=O)Nc1cc(C(C)C(ONC(=O)c2cccnc2)C(F)(F)F)ccn1. The lowest BCUT2D eigenvalue weighted by Gasteiger charge is -2.26. The summed E-state index contributed by atoms with van der Waals surface area (Å²) in [5.41, 5.74) is 2.11. The fourth-order valence-corrected chi connectivity index (χ4v) is 2.28. The molecular formula is C17H17F3N4O3. The molecule has 0 saturated carbocycles. The van der Waals surface area contributed by atoms with Crippen LogP contribution in [0, 0.1) is 0 Å². The van der Waals surface area contributed by atoms with Crippen LogP contribution >= 0.6 is 0 Å². The van der Waals surface area contributed by atoms with Gasteiger partial charge in [0.15, 0.2) is 6.10 Å². The third kappa shape index (κ3) is 5.74. The first-order valence-electron chi connectivity index (χ1n) is 7.84. The molecule has 2 aromatic rings. The van der Waals surface area contributed by atoms with E-state index >= 15 is 0 Å². The van der Waals surface area contributed by atoms with Crippen molar-refractivity contribution in [3.05, 3.63) is 54.0 Å². The predicted octanol–water partition coefficient (Wildman–Crippen LogP) is 2.83. The first kappa shape index (κ1) is 20.3. The van der Waals surface area contributed by atoms with E-state index in [0.29, 0.717) is 0 Å². The highest BCUT2D eigenvalue weighted by Gasteiger charge is 2.46. The number of aromatic nitrogens is 2. The number of alkyl halides is 3. The molecule has 2 rings (SSSR count). The molecule has 0 bridgehead atoms. The summed E-state index contributed by atoms with van der Waals surface area (Å²) in [5, 5.41) is 2.40. The Morgan fingerprint density at radius 2 is 1.96 bits per heavy atom. The maximum Gasteiger partial charge on any atom is 0.417 e. The topological polar surface area (TPSA) is 93.2 Å². The van der Waals surface area contributed by atoms with Crippen molar-refractivity contribution in [2.24, 2.45) is 0 Å². The molecular weight excluding hydrogens is 365 g/mol. The number of anilines is 1. The van der Waals surface area contributed by atoms with Gasteiger partial charge in [0.1, 0.15) is 5.82 Å². The summed E-state index contributed by atoms with van der Waals surface area (Å²) in [4.78, 5) is 35.3. The molecule has 10 heteroatoms. The van der Waals surface area contributed by atoms with Gasteiger partial charge < -0.3 is 5.32 Å². The van der Waals surface area contributed by atoms with Gasteiger partial charge >= 0.3 is 6.18 Å². The smallest absolute Gasteiger partial charge is 0.311 e. The normalized spacial score (nSPS) is 13.5. The summed E-state index contributed by atoms with van der Waals surface area (Å²) in [7, 11) is 0. The van der Waals surface area contributed by atoms with Gasteiger partial charge in [-0.25, -0.2) is 10.5 Å². The fraction of sp³-hybridized carbons (Fsp3) is 0.294. The van der Waals surface area contributed by atoms with Crippen LogP contribution in [-0.4, -0.2) is 34.1 Å². The Kier molecular flexibility index (Phi) is 6.45. The Labute approximate surface area is 152 Å². The van der Waals surface area contributed by atoms with E-state index in [0.717, 1.165) is 0 Å². The van der Waals surface area contributed by atoms with Crippen LogP contribution in [-0.2, 0) is 9.63 Å². The van der Waals surface area contributed by atoms with Crippen LogP contribution < -0.4 is 10.8 Å². The molecule has 2 aromatic heterocycles. The number of hydrogen-bond donors (Lipinski definition) is 2. The zero-order chi connectivity index (χ0) is 20.0. The van der Waals surface area contributed by atoms with Gasteiger partial charge in [0, 0.05) is 31.4 Å². The third-order valence-corrected chi connectivity index (χ3v) is 3.59. The number of carbonyl (C=O) groups is 2. The number of hydrogen-bond acceptors (Lipinski definition) is 5. The third-order valence-electron chi connectivity index (χ3n) is 3.59. The number of nitrogens with one attached hydrogen (secondary N) is 2. The van der Waals surface area contributed by atoms with Crippen LogP contribution in [0.2, 0.25) is 0 Å². The molecule has 0 radical (unpaired) electrons. The summed E-state index contributed by atoms with van der Waals surface area (Å²) in [6.07, 6.45) is -3.16. The monoisotopic (exact) mass is 382 g/mol. The van der Waals surface area contributed by atoms with Crippen molar-refractivity contribution in [2.75, 3.05) is 5.32 Å². The van der Waals surface area contributed by atoms with Crippen LogP contribution in [0.15, 0.2) is 42.9 Å². The fourth-order valence-electron chi connectivity index (χ4n) is 2.28. The molecule has 0 spiro atoms. The van der Waals surface area contributed by atoms with Crippen LogP contribution in [0.3, 0.4) is 0 Å². The molecule has 2 unspecified atom stereocenters. The summed E-state index contributed by atoms with van der Waals surface area (Å²) in [6.45, 7) is 2.55. The summed E-state index contributed by atoms with van der Waals surface area (Å²) >= 11 is 0. The number of halogens is 3.